The lowest BCUT2D eigenvalue weighted by atomic mass is 9.89. The Morgan fingerprint density at radius 2 is 0.560 bits per heavy atom. The quantitative estimate of drug-likeness (QED) is 0.165. The van der Waals surface area contributed by atoms with Crippen molar-refractivity contribution in [2.75, 3.05) is 0 Å². The van der Waals surface area contributed by atoms with E-state index in [9.17, 15) is 13.7 Å². The van der Waals surface area contributed by atoms with Gasteiger partial charge in [0.2, 0.25) is 0 Å². The van der Waals surface area contributed by atoms with Gasteiger partial charge in [-0.3, -0.25) is 0 Å². The Labute approximate surface area is 332 Å². The fourth-order valence-electron chi connectivity index (χ4n) is 6.25. The lowest BCUT2D eigenvalue weighted by Gasteiger charge is -2.15. The first kappa shape index (κ1) is 11.3. The maximum absolute atomic E-state index is 9.63. The molecule has 0 aliphatic rings. The summed E-state index contributed by atoms with van der Waals surface area (Å²) in [6.45, 7) is 0. The van der Waals surface area contributed by atoms with Crippen molar-refractivity contribution >= 4 is 64.6 Å². The summed E-state index contributed by atoms with van der Waals surface area (Å²) in [6, 6.07) is -26.8. The van der Waals surface area contributed by atoms with Gasteiger partial charge in [-0.15, -0.1) is 0 Å². The Balaban J connectivity index is 1.22. The first-order valence-electron chi connectivity index (χ1n) is 30.0. The smallest absolute Gasteiger partial charge is 0.0610 e. The third-order valence-corrected chi connectivity index (χ3v) is 8.50. The third kappa shape index (κ3) is 4.06. The SMILES string of the molecule is [2H]c1c([2H])c(-c2c([2H])c([2H])c(-c3c([2H])c([2H])c([2H])c(-c4c([2H])c([2H])c5c([2H])c([2H])c6c([2H])c([2H])c([2H])c7c([2H])c([2H])c4c5c67)c3[2H])c([2H])c2[2H])c([2H])c(-c2c([2H])c([2H])c3c([2H])c([2H])c4c([2H])c([2H])c([2H])c5c([2H])c([2H])c2c3c45)c1[2H]. The number of rotatable bonds is 4. The summed E-state index contributed by atoms with van der Waals surface area (Å²) in [6.07, 6.45) is 0. The van der Waals surface area contributed by atoms with Crippen molar-refractivity contribution in [3.05, 3.63) is 181 Å². The summed E-state index contributed by atoms with van der Waals surface area (Å²) in [4.78, 5) is 0. The predicted molar refractivity (Wildman–Crippen MR) is 216 cm³/mol. The van der Waals surface area contributed by atoms with Gasteiger partial charge in [0.25, 0.3) is 0 Å². The molecule has 0 fully saturated rings. The molecule has 0 spiro atoms. The minimum Gasteiger partial charge on any atom is -0.0610 e. The van der Waals surface area contributed by atoms with E-state index in [1.54, 1.807) is 0 Å². The van der Waals surface area contributed by atoms with Gasteiger partial charge >= 0.3 is 0 Å². The van der Waals surface area contributed by atoms with E-state index >= 15 is 0 Å². The van der Waals surface area contributed by atoms with E-state index in [-0.39, 0.29) is 21.5 Å². The van der Waals surface area contributed by atoms with Crippen LogP contribution < -0.4 is 0 Å². The van der Waals surface area contributed by atoms with Crippen molar-refractivity contribution in [2.24, 2.45) is 0 Å². The van der Waals surface area contributed by atoms with Crippen molar-refractivity contribution < 1.29 is 41.1 Å². The fourth-order valence-corrected chi connectivity index (χ4v) is 6.25. The lowest BCUT2D eigenvalue weighted by Crippen LogP contribution is -1.88. The predicted octanol–water partition coefficient (Wildman–Crippen LogP) is 14.1. The monoisotopic (exact) mass is 660 g/mol. The Morgan fingerprint density at radius 3 is 0.980 bits per heavy atom. The molecule has 0 heterocycles. The zero-order valence-corrected chi connectivity index (χ0v) is 25.0. The highest BCUT2D eigenvalue weighted by atomic mass is 14.2. The Morgan fingerprint density at radius 1 is 0.240 bits per heavy atom. The second-order valence-corrected chi connectivity index (χ2v) is 11.2. The molecule has 0 nitrogen and oxygen atoms in total. The molecule has 0 aromatic heterocycles. The summed E-state index contributed by atoms with van der Waals surface area (Å²) in [5, 5.41) is -4.88. The van der Waals surface area contributed by atoms with Crippen LogP contribution in [0.3, 0.4) is 0 Å². The van der Waals surface area contributed by atoms with Gasteiger partial charge in [0.05, 0.1) is 41.1 Å². The van der Waals surface area contributed by atoms with Crippen molar-refractivity contribution in [1.29, 1.82) is 0 Å². The molecule has 11 rings (SSSR count). The van der Waals surface area contributed by atoms with Crippen LogP contribution in [0.2, 0.25) is 0 Å². The molecule has 0 amide bonds. The molecule has 0 unspecified atom stereocenters. The minimum absolute atomic E-state index is 0.285. The topological polar surface area (TPSA) is 0 Å². The van der Waals surface area contributed by atoms with Crippen LogP contribution in [0.15, 0.2) is 181 Å². The van der Waals surface area contributed by atoms with Crippen LogP contribution in [0.5, 0.6) is 0 Å². The molecular formula is C50H30. The second kappa shape index (κ2) is 10.5. The van der Waals surface area contributed by atoms with Crippen molar-refractivity contribution in [3.8, 4) is 44.5 Å². The van der Waals surface area contributed by atoms with E-state index in [4.69, 9.17) is 27.4 Å². The summed E-state index contributed by atoms with van der Waals surface area (Å²) in [5.41, 5.74) is -6.63. The fraction of sp³-hybridized carbons (Fsp3) is 0. The standard InChI is InChI=1S/C50H30/c1-5-33-17-19-37-21-25-43(45-27-23-35(7-1)47(33)49(37)45)41-11-3-9-39(29-41)31-13-15-32(16-14-31)40-10-4-12-42(30-40)44-26-22-38-20-18-34-6-2-8-36-24-28-46(44)50(38)48(34)36/h1-30H/i1D,2D,3D,4D,5D,6D,7D,8D,9D,10D,11D,12D,13D,14D,15D,16D,17D,18D,19D,20D,21D,22D,23D,24D,25D,26D,27D,28D,29D,30D. The summed E-state index contributed by atoms with van der Waals surface area (Å²) in [5.74, 6) is 0. The third-order valence-electron chi connectivity index (χ3n) is 8.50. The van der Waals surface area contributed by atoms with Gasteiger partial charge in [-0.2, -0.15) is 0 Å². The minimum atomic E-state index is -1.13. The van der Waals surface area contributed by atoms with E-state index in [1.807, 2.05) is 0 Å². The van der Waals surface area contributed by atoms with E-state index in [0.29, 0.717) is 0 Å². The van der Waals surface area contributed by atoms with Gasteiger partial charge in [0, 0.05) is 0 Å². The van der Waals surface area contributed by atoms with Crippen molar-refractivity contribution in [2.45, 2.75) is 0 Å². The molecule has 11 aromatic rings. The molecule has 0 atom stereocenters. The molecule has 50 heavy (non-hydrogen) atoms. The normalized spacial score (nSPS) is 20.4. The average Bonchev–Trinajstić information content (AvgIpc) is 2.83. The zero-order chi connectivity index (χ0) is 58.9. The van der Waals surface area contributed by atoms with Gasteiger partial charge in [-0.25, -0.2) is 0 Å². The van der Waals surface area contributed by atoms with Crippen molar-refractivity contribution in [3.63, 3.8) is 0 Å². The first-order valence-corrected chi connectivity index (χ1v) is 15.0. The van der Waals surface area contributed by atoms with E-state index in [1.165, 1.54) is 0 Å². The zero-order valence-electron chi connectivity index (χ0n) is 55.0. The molecule has 230 valence electrons. The summed E-state index contributed by atoms with van der Waals surface area (Å²) in [7, 11) is 0. The van der Waals surface area contributed by atoms with Gasteiger partial charge < -0.3 is 0 Å². The van der Waals surface area contributed by atoms with Gasteiger partial charge in [-0.05, 0) is 121 Å². The van der Waals surface area contributed by atoms with Gasteiger partial charge in [0.1, 0.15) is 0 Å². The molecule has 0 N–H and O–H groups in total. The molecule has 0 heteroatoms. The highest BCUT2D eigenvalue weighted by Crippen LogP contribution is 2.42. The van der Waals surface area contributed by atoms with Gasteiger partial charge in [0.15, 0.2) is 0 Å². The first-order chi connectivity index (χ1) is 37.3. The largest absolute Gasteiger partial charge is 0.0636 e. The molecule has 0 saturated carbocycles. The molecule has 0 aliphatic heterocycles. The van der Waals surface area contributed by atoms with Gasteiger partial charge in [-0.1, -0.05) is 169 Å². The number of hydrogen-bond acceptors (Lipinski definition) is 0. The summed E-state index contributed by atoms with van der Waals surface area (Å²) < 4.78 is 272. The van der Waals surface area contributed by atoms with Crippen LogP contribution in [0.4, 0.5) is 0 Å². The van der Waals surface area contributed by atoms with E-state index < -0.39 is 269 Å². The van der Waals surface area contributed by atoms with E-state index in [2.05, 4.69) is 0 Å². The molecule has 11 aromatic carbocycles. The highest BCUT2D eigenvalue weighted by Gasteiger charge is 2.14. The second-order valence-electron chi connectivity index (χ2n) is 11.2. The van der Waals surface area contributed by atoms with Crippen LogP contribution in [0.1, 0.15) is 41.1 Å². The lowest BCUT2D eigenvalue weighted by molar-refractivity contribution is 1.58. The molecular weight excluding hydrogens is 601 g/mol. The maximum atomic E-state index is 9.63. The summed E-state index contributed by atoms with van der Waals surface area (Å²) >= 11 is 0. The van der Waals surface area contributed by atoms with Crippen LogP contribution >= 0.6 is 0 Å². The van der Waals surface area contributed by atoms with Crippen LogP contribution in [-0.2, 0) is 0 Å². The molecule has 0 aliphatic carbocycles. The molecule has 0 bridgehead atoms. The van der Waals surface area contributed by atoms with E-state index in [0.717, 1.165) is 0 Å². The van der Waals surface area contributed by atoms with Crippen LogP contribution in [0.25, 0.3) is 109 Å². The molecule has 0 saturated heterocycles. The highest BCUT2D eigenvalue weighted by molar-refractivity contribution is 6.26. The van der Waals surface area contributed by atoms with Crippen molar-refractivity contribution in [1.82, 2.24) is 0 Å². The number of hydrogen-bond donors (Lipinski definition) is 0. The molecule has 0 radical (unpaired) electrons. The Bertz CT molecular complexity index is 4430. The van der Waals surface area contributed by atoms with Crippen LogP contribution in [0, 0.1) is 0 Å². The maximum Gasteiger partial charge on any atom is 0.0636 e. The Kier molecular flexibility index (Phi) is 2.37. The number of benzene rings is 11. The average molecular weight is 661 g/mol. The Hall–Kier alpha value is -6.50. The van der Waals surface area contributed by atoms with Crippen LogP contribution in [-0.4, -0.2) is 0 Å².